The van der Waals surface area contributed by atoms with E-state index in [2.05, 4.69) is 16.0 Å². The Hall–Kier alpha value is -1.91. The molecule has 0 aliphatic heterocycles. The lowest BCUT2D eigenvalue weighted by Crippen LogP contribution is -1.99. The number of pyridine rings is 1. The standard InChI is InChI=1S/C12H9N3O2S2/c1-7-9(5-10(16)17)18-12(15-7)19-11-8(6-13)3-2-4-14-11/h2-4H,5H2,1H3,(H,16,17). The van der Waals surface area contributed by atoms with Crippen LogP contribution in [0.5, 0.6) is 0 Å². The van der Waals surface area contributed by atoms with Gasteiger partial charge in [-0.1, -0.05) is 0 Å². The maximum atomic E-state index is 10.7. The van der Waals surface area contributed by atoms with E-state index in [4.69, 9.17) is 10.4 Å². The van der Waals surface area contributed by atoms with E-state index in [-0.39, 0.29) is 6.42 Å². The highest BCUT2D eigenvalue weighted by atomic mass is 32.2. The summed E-state index contributed by atoms with van der Waals surface area (Å²) in [7, 11) is 0. The molecule has 2 aromatic rings. The molecule has 5 nitrogen and oxygen atoms in total. The van der Waals surface area contributed by atoms with Crippen LogP contribution in [0.1, 0.15) is 16.1 Å². The molecule has 2 heterocycles. The number of carboxylic acids is 1. The maximum absolute atomic E-state index is 10.7. The maximum Gasteiger partial charge on any atom is 0.308 e. The van der Waals surface area contributed by atoms with E-state index in [1.54, 1.807) is 25.3 Å². The van der Waals surface area contributed by atoms with Crippen LogP contribution < -0.4 is 0 Å². The van der Waals surface area contributed by atoms with Crippen LogP contribution in [0.3, 0.4) is 0 Å². The number of aromatic nitrogens is 2. The first-order chi connectivity index (χ1) is 9.10. The molecule has 0 aliphatic carbocycles. The number of aliphatic carboxylic acids is 1. The van der Waals surface area contributed by atoms with Crippen LogP contribution in [0.4, 0.5) is 0 Å². The number of nitriles is 1. The fourth-order valence-electron chi connectivity index (χ4n) is 1.39. The monoisotopic (exact) mass is 291 g/mol. The molecule has 0 spiro atoms. The predicted molar refractivity (Wildman–Crippen MR) is 71.3 cm³/mol. The molecule has 0 saturated carbocycles. The van der Waals surface area contributed by atoms with Crippen molar-refractivity contribution in [3.63, 3.8) is 0 Å². The Bertz CT molecular complexity index is 661. The molecule has 0 saturated heterocycles. The topological polar surface area (TPSA) is 86.9 Å². The molecule has 0 amide bonds. The minimum Gasteiger partial charge on any atom is -0.481 e. The SMILES string of the molecule is Cc1nc(Sc2ncccc2C#N)sc1CC(=O)O. The third kappa shape index (κ3) is 3.30. The number of hydrogen-bond acceptors (Lipinski definition) is 6. The van der Waals surface area contributed by atoms with Gasteiger partial charge in [0.25, 0.3) is 0 Å². The third-order valence-electron chi connectivity index (χ3n) is 2.26. The van der Waals surface area contributed by atoms with Crippen molar-refractivity contribution < 1.29 is 9.90 Å². The summed E-state index contributed by atoms with van der Waals surface area (Å²) in [5, 5.41) is 18.4. The summed E-state index contributed by atoms with van der Waals surface area (Å²) >= 11 is 2.61. The van der Waals surface area contributed by atoms with E-state index in [1.807, 2.05) is 0 Å². The minimum atomic E-state index is -0.876. The van der Waals surface area contributed by atoms with Crippen LogP contribution in [-0.4, -0.2) is 21.0 Å². The van der Waals surface area contributed by atoms with Gasteiger partial charge in [0.15, 0.2) is 4.34 Å². The number of nitrogens with zero attached hydrogens (tertiary/aromatic N) is 3. The summed E-state index contributed by atoms with van der Waals surface area (Å²) in [5.41, 5.74) is 1.20. The number of carbonyl (C=O) groups is 1. The fourth-order valence-corrected chi connectivity index (χ4v) is 3.56. The Morgan fingerprint density at radius 2 is 2.42 bits per heavy atom. The van der Waals surface area contributed by atoms with Gasteiger partial charge in [0.2, 0.25) is 0 Å². The molecule has 1 N–H and O–H groups in total. The molecular weight excluding hydrogens is 282 g/mol. The Morgan fingerprint density at radius 3 is 3.11 bits per heavy atom. The summed E-state index contributed by atoms with van der Waals surface area (Å²) in [6.45, 7) is 1.78. The molecule has 7 heteroatoms. The molecular formula is C12H9N3O2S2. The van der Waals surface area contributed by atoms with Crippen molar-refractivity contribution >= 4 is 29.1 Å². The molecule has 2 aromatic heterocycles. The smallest absolute Gasteiger partial charge is 0.308 e. The Kier molecular flexibility index (Phi) is 4.14. The molecule has 0 bridgehead atoms. The molecule has 96 valence electrons. The number of aryl methyl sites for hydroxylation is 1. The zero-order valence-electron chi connectivity index (χ0n) is 9.95. The number of thiazole rings is 1. The highest BCUT2D eigenvalue weighted by Gasteiger charge is 2.13. The van der Waals surface area contributed by atoms with Crippen LogP contribution in [-0.2, 0) is 11.2 Å². The lowest BCUT2D eigenvalue weighted by molar-refractivity contribution is -0.136. The van der Waals surface area contributed by atoms with E-state index in [1.165, 1.54) is 23.1 Å². The molecule has 0 fully saturated rings. The zero-order valence-corrected chi connectivity index (χ0v) is 11.6. The summed E-state index contributed by atoms with van der Waals surface area (Å²) in [4.78, 5) is 19.9. The second-order valence-corrected chi connectivity index (χ2v) is 5.95. The van der Waals surface area contributed by atoms with Gasteiger partial charge in [-0.15, -0.1) is 11.3 Å². The average Bonchev–Trinajstić information content (AvgIpc) is 2.69. The number of carboxylic acid groups (broad SMARTS) is 1. The average molecular weight is 291 g/mol. The Labute approximate surface area is 117 Å². The largest absolute Gasteiger partial charge is 0.481 e. The molecule has 19 heavy (non-hydrogen) atoms. The van der Waals surface area contributed by atoms with Gasteiger partial charge in [-0.25, -0.2) is 9.97 Å². The lowest BCUT2D eigenvalue weighted by Gasteiger charge is -1.97. The quantitative estimate of drug-likeness (QED) is 0.931. The van der Waals surface area contributed by atoms with Gasteiger partial charge in [-0.3, -0.25) is 4.79 Å². The van der Waals surface area contributed by atoms with Gasteiger partial charge in [0, 0.05) is 11.1 Å². The second kappa shape index (κ2) is 5.82. The van der Waals surface area contributed by atoms with Crippen LogP contribution in [0.15, 0.2) is 27.7 Å². The summed E-state index contributed by atoms with van der Waals surface area (Å²) in [6.07, 6.45) is 1.58. The number of hydrogen-bond donors (Lipinski definition) is 1. The zero-order chi connectivity index (χ0) is 13.8. The Balaban J connectivity index is 2.25. The van der Waals surface area contributed by atoms with Gasteiger partial charge in [0.1, 0.15) is 11.1 Å². The van der Waals surface area contributed by atoms with Crippen molar-refractivity contribution in [2.75, 3.05) is 0 Å². The van der Waals surface area contributed by atoms with Gasteiger partial charge < -0.3 is 5.11 Å². The van der Waals surface area contributed by atoms with Crippen LogP contribution in [0.25, 0.3) is 0 Å². The summed E-state index contributed by atoms with van der Waals surface area (Å²) in [6, 6.07) is 5.46. The third-order valence-corrected chi connectivity index (χ3v) is 4.50. The number of rotatable bonds is 4. The first-order valence-corrected chi connectivity index (χ1v) is 6.94. The molecule has 0 aliphatic rings. The molecule has 0 radical (unpaired) electrons. The van der Waals surface area contributed by atoms with E-state index >= 15 is 0 Å². The second-order valence-electron chi connectivity index (χ2n) is 3.63. The highest BCUT2D eigenvalue weighted by molar-refractivity contribution is 8.01. The summed E-state index contributed by atoms with van der Waals surface area (Å²) in [5.74, 6) is -0.876. The predicted octanol–water partition coefficient (Wildman–Crippen LogP) is 2.50. The first-order valence-electron chi connectivity index (χ1n) is 5.31. The molecule has 0 unspecified atom stereocenters. The molecule has 0 atom stereocenters. The van der Waals surface area contributed by atoms with Crippen LogP contribution in [0.2, 0.25) is 0 Å². The van der Waals surface area contributed by atoms with Crippen molar-refractivity contribution in [1.29, 1.82) is 5.26 Å². The van der Waals surface area contributed by atoms with Gasteiger partial charge in [-0.05, 0) is 30.8 Å². The van der Waals surface area contributed by atoms with Crippen molar-refractivity contribution in [2.45, 2.75) is 22.7 Å². The van der Waals surface area contributed by atoms with Crippen molar-refractivity contribution in [3.05, 3.63) is 34.5 Å². The van der Waals surface area contributed by atoms with Crippen molar-refractivity contribution in [2.24, 2.45) is 0 Å². The van der Waals surface area contributed by atoms with Gasteiger partial charge >= 0.3 is 5.97 Å². The highest BCUT2D eigenvalue weighted by Crippen LogP contribution is 2.33. The van der Waals surface area contributed by atoms with Crippen molar-refractivity contribution in [3.8, 4) is 6.07 Å². The normalized spacial score (nSPS) is 10.1. The summed E-state index contributed by atoms with van der Waals surface area (Å²) < 4.78 is 0.698. The van der Waals surface area contributed by atoms with Crippen LogP contribution >= 0.6 is 23.1 Å². The first kappa shape index (κ1) is 13.5. The Morgan fingerprint density at radius 1 is 1.63 bits per heavy atom. The van der Waals surface area contributed by atoms with Gasteiger partial charge in [0.05, 0.1) is 17.7 Å². The molecule has 0 aromatic carbocycles. The minimum absolute atomic E-state index is 0.0304. The van der Waals surface area contributed by atoms with E-state index in [0.717, 1.165) is 4.88 Å². The lowest BCUT2D eigenvalue weighted by atomic mass is 10.3. The molecule has 2 rings (SSSR count). The van der Waals surface area contributed by atoms with Gasteiger partial charge in [-0.2, -0.15) is 5.26 Å². The van der Waals surface area contributed by atoms with Crippen LogP contribution in [0, 0.1) is 18.3 Å². The van der Waals surface area contributed by atoms with E-state index in [0.29, 0.717) is 20.6 Å². The van der Waals surface area contributed by atoms with E-state index < -0.39 is 5.97 Å². The van der Waals surface area contributed by atoms with Crippen molar-refractivity contribution in [1.82, 2.24) is 9.97 Å². The van der Waals surface area contributed by atoms with E-state index in [9.17, 15) is 4.79 Å². The fraction of sp³-hybridized carbons (Fsp3) is 0.167.